The first-order chi connectivity index (χ1) is 11.5. The number of carbonyl (C=O) groups excluding carboxylic acids is 1. The number of aliphatic carboxylic acids is 1. The number of rotatable bonds is 3. The van der Waals surface area contributed by atoms with E-state index in [1.54, 1.807) is 11.1 Å². The number of aromatic nitrogens is 1. The number of carboxylic acid groups (broad SMARTS) is 1. The van der Waals surface area contributed by atoms with E-state index in [0.29, 0.717) is 19.5 Å². The summed E-state index contributed by atoms with van der Waals surface area (Å²) < 4.78 is 0. The third kappa shape index (κ3) is 3.77. The van der Waals surface area contributed by atoms with Crippen LogP contribution < -0.4 is 10.2 Å². The summed E-state index contributed by atoms with van der Waals surface area (Å²) >= 11 is 0. The van der Waals surface area contributed by atoms with E-state index in [1.165, 1.54) is 0 Å². The third-order valence-corrected chi connectivity index (χ3v) is 4.79. The van der Waals surface area contributed by atoms with Crippen molar-refractivity contribution in [1.29, 1.82) is 0 Å². The molecule has 1 aromatic rings. The van der Waals surface area contributed by atoms with E-state index in [1.807, 2.05) is 25.1 Å². The minimum absolute atomic E-state index is 0.0695. The number of anilines is 1. The second kappa shape index (κ2) is 7.07. The Labute approximate surface area is 141 Å². The minimum atomic E-state index is -0.818. The van der Waals surface area contributed by atoms with Gasteiger partial charge in [-0.2, -0.15) is 0 Å². The second-order valence-corrected chi connectivity index (χ2v) is 6.85. The predicted molar refractivity (Wildman–Crippen MR) is 89.9 cm³/mol. The fourth-order valence-corrected chi connectivity index (χ4v) is 3.59. The highest BCUT2D eigenvalue weighted by atomic mass is 16.4. The van der Waals surface area contributed by atoms with Crippen LogP contribution in [0.2, 0.25) is 0 Å². The van der Waals surface area contributed by atoms with Gasteiger partial charge < -0.3 is 20.2 Å². The normalized spacial score (nSPS) is 27.1. The minimum Gasteiger partial charge on any atom is -0.481 e. The van der Waals surface area contributed by atoms with Gasteiger partial charge in [0.25, 0.3) is 0 Å². The van der Waals surface area contributed by atoms with Crippen molar-refractivity contribution in [2.24, 2.45) is 11.8 Å². The van der Waals surface area contributed by atoms with Crippen molar-refractivity contribution in [2.75, 3.05) is 31.1 Å². The van der Waals surface area contributed by atoms with Gasteiger partial charge in [-0.25, -0.2) is 9.78 Å². The van der Waals surface area contributed by atoms with Crippen LogP contribution in [0.3, 0.4) is 0 Å². The lowest BCUT2D eigenvalue weighted by atomic mass is 9.91. The Balaban J connectivity index is 1.54. The molecule has 7 heteroatoms. The molecule has 24 heavy (non-hydrogen) atoms. The Hall–Kier alpha value is -2.31. The van der Waals surface area contributed by atoms with E-state index in [0.717, 1.165) is 25.3 Å². The molecule has 0 saturated carbocycles. The van der Waals surface area contributed by atoms with E-state index in [9.17, 15) is 14.7 Å². The summed E-state index contributed by atoms with van der Waals surface area (Å²) in [6, 6.07) is 5.72. The zero-order valence-corrected chi connectivity index (χ0v) is 13.9. The molecule has 1 aromatic heterocycles. The van der Waals surface area contributed by atoms with E-state index >= 15 is 0 Å². The van der Waals surface area contributed by atoms with Crippen LogP contribution in [0, 0.1) is 11.8 Å². The number of nitrogens with zero attached hydrogens (tertiary/aromatic N) is 3. The van der Waals surface area contributed by atoms with E-state index in [4.69, 9.17) is 0 Å². The first-order valence-corrected chi connectivity index (χ1v) is 8.47. The predicted octanol–water partition coefficient (Wildman–Crippen LogP) is 1.41. The van der Waals surface area contributed by atoms with Crippen LogP contribution in [0.1, 0.15) is 19.8 Å². The molecule has 2 aliphatic heterocycles. The summed E-state index contributed by atoms with van der Waals surface area (Å²) in [5, 5.41) is 12.3. The highest BCUT2D eigenvalue weighted by Crippen LogP contribution is 2.22. The van der Waals surface area contributed by atoms with Crippen molar-refractivity contribution in [3.8, 4) is 0 Å². The molecule has 0 spiro atoms. The van der Waals surface area contributed by atoms with Crippen molar-refractivity contribution in [2.45, 2.75) is 25.8 Å². The number of hydrogen-bond acceptors (Lipinski definition) is 4. The fraction of sp³-hybridized carbons (Fsp3) is 0.588. The molecule has 3 unspecified atom stereocenters. The molecule has 0 bridgehead atoms. The molecule has 2 fully saturated rings. The molecule has 130 valence electrons. The SMILES string of the molecule is CC1CC(C(=O)O)CN(C(=O)NC2CCN(c3ccccn3)C2)C1. The molecule has 3 rings (SSSR count). The number of amides is 2. The monoisotopic (exact) mass is 332 g/mol. The maximum atomic E-state index is 12.5. The number of hydrogen-bond donors (Lipinski definition) is 2. The Kier molecular flexibility index (Phi) is 4.87. The molecule has 0 radical (unpaired) electrons. The average molecular weight is 332 g/mol. The summed E-state index contributed by atoms with van der Waals surface area (Å²) in [6.45, 7) is 4.49. The molecule has 2 aliphatic rings. The van der Waals surface area contributed by atoms with E-state index < -0.39 is 11.9 Å². The quantitative estimate of drug-likeness (QED) is 0.874. The largest absolute Gasteiger partial charge is 0.481 e. The molecular weight excluding hydrogens is 308 g/mol. The van der Waals surface area contributed by atoms with Gasteiger partial charge in [0.1, 0.15) is 5.82 Å². The van der Waals surface area contributed by atoms with Crippen LogP contribution in [0.15, 0.2) is 24.4 Å². The van der Waals surface area contributed by atoms with Gasteiger partial charge in [-0.15, -0.1) is 0 Å². The summed E-state index contributed by atoms with van der Waals surface area (Å²) in [5.74, 6) is -0.152. The molecule has 3 atom stereocenters. The second-order valence-electron chi connectivity index (χ2n) is 6.85. The number of nitrogens with one attached hydrogen (secondary N) is 1. The number of piperidine rings is 1. The van der Waals surface area contributed by atoms with Crippen molar-refractivity contribution < 1.29 is 14.7 Å². The Morgan fingerprint density at radius 2 is 2.12 bits per heavy atom. The van der Waals surface area contributed by atoms with Crippen molar-refractivity contribution in [3.05, 3.63) is 24.4 Å². The first kappa shape index (κ1) is 16.5. The van der Waals surface area contributed by atoms with Gasteiger partial charge in [-0.3, -0.25) is 4.79 Å². The van der Waals surface area contributed by atoms with Crippen LogP contribution in [-0.2, 0) is 4.79 Å². The number of carboxylic acids is 1. The summed E-state index contributed by atoms with van der Waals surface area (Å²) in [7, 11) is 0. The van der Waals surface area contributed by atoms with Crippen molar-refractivity contribution in [1.82, 2.24) is 15.2 Å². The molecule has 2 N–H and O–H groups in total. The molecule has 0 aromatic carbocycles. The number of carbonyl (C=O) groups is 2. The molecule has 2 saturated heterocycles. The van der Waals surface area contributed by atoms with Crippen molar-refractivity contribution >= 4 is 17.8 Å². The van der Waals surface area contributed by atoms with Crippen LogP contribution in [0.25, 0.3) is 0 Å². The summed E-state index contributed by atoms with van der Waals surface area (Å²) in [6.07, 6.45) is 3.27. The zero-order chi connectivity index (χ0) is 17.1. The number of pyridine rings is 1. The molecule has 7 nitrogen and oxygen atoms in total. The maximum absolute atomic E-state index is 12.5. The maximum Gasteiger partial charge on any atom is 0.317 e. The topological polar surface area (TPSA) is 85.8 Å². The fourth-order valence-electron chi connectivity index (χ4n) is 3.59. The zero-order valence-electron chi connectivity index (χ0n) is 13.9. The Morgan fingerprint density at radius 1 is 1.29 bits per heavy atom. The summed E-state index contributed by atoms with van der Waals surface area (Å²) in [4.78, 5) is 31.9. The Bertz CT molecular complexity index is 595. The number of likely N-dealkylation sites (tertiary alicyclic amines) is 1. The highest BCUT2D eigenvalue weighted by Gasteiger charge is 2.33. The molecule has 2 amide bonds. The van der Waals surface area contributed by atoms with Crippen LogP contribution in [0.4, 0.5) is 10.6 Å². The van der Waals surface area contributed by atoms with E-state index in [2.05, 4.69) is 15.2 Å². The van der Waals surface area contributed by atoms with E-state index in [-0.39, 0.29) is 18.0 Å². The standard InChI is InChI=1S/C17H24N4O3/c1-12-8-13(16(22)23)10-21(9-12)17(24)19-14-5-7-20(11-14)15-4-2-3-6-18-15/h2-4,6,12-14H,5,7-11H2,1H3,(H,19,24)(H,22,23). The van der Waals surface area contributed by atoms with Crippen LogP contribution in [0.5, 0.6) is 0 Å². The van der Waals surface area contributed by atoms with Gasteiger partial charge in [-0.05, 0) is 30.9 Å². The third-order valence-electron chi connectivity index (χ3n) is 4.79. The van der Waals surface area contributed by atoms with Crippen LogP contribution in [-0.4, -0.2) is 59.2 Å². The van der Waals surface area contributed by atoms with Gasteiger partial charge in [0.15, 0.2) is 0 Å². The molecule has 3 heterocycles. The Morgan fingerprint density at radius 3 is 2.83 bits per heavy atom. The molecular formula is C17H24N4O3. The van der Waals surface area contributed by atoms with Gasteiger partial charge in [-0.1, -0.05) is 13.0 Å². The van der Waals surface area contributed by atoms with Crippen molar-refractivity contribution in [3.63, 3.8) is 0 Å². The average Bonchev–Trinajstić information content (AvgIpc) is 3.03. The first-order valence-electron chi connectivity index (χ1n) is 8.47. The van der Waals surface area contributed by atoms with Crippen LogP contribution >= 0.6 is 0 Å². The van der Waals surface area contributed by atoms with Gasteiger partial charge in [0, 0.05) is 38.4 Å². The lowest BCUT2D eigenvalue weighted by molar-refractivity contribution is -0.143. The highest BCUT2D eigenvalue weighted by molar-refractivity contribution is 5.77. The lowest BCUT2D eigenvalue weighted by Gasteiger charge is -2.35. The van der Waals surface area contributed by atoms with Gasteiger partial charge >= 0.3 is 12.0 Å². The molecule has 0 aliphatic carbocycles. The van der Waals surface area contributed by atoms with Gasteiger partial charge in [0.05, 0.1) is 5.92 Å². The smallest absolute Gasteiger partial charge is 0.317 e. The lowest BCUT2D eigenvalue weighted by Crippen LogP contribution is -2.52. The van der Waals surface area contributed by atoms with Gasteiger partial charge in [0.2, 0.25) is 0 Å². The summed E-state index contributed by atoms with van der Waals surface area (Å²) in [5.41, 5.74) is 0. The number of urea groups is 1.